The van der Waals surface area contributed by atoms with Gasteiger partial charge >= 0.3 is 5.97 Å². The lowest BCUT2D eigenvalue weighted by molar-refractivity contribution is -0.139. The molecule has 3 rings (SSSR count). The second kappa shape index (κ2) is 3.82. The summed E-state index contributed by atoms with van der Waals surface area (Å²) in [6.45, 7) is 5.96. The lowest BCUT2D eigenvalue weighted by atomic mass is 10.1. The van der Waals surface area contributed by atoms with Gasteiger partial charge in [0, 0.05) is 10.4 Å². The van der Waals surface area contributed by atoms with Crippen molar-refractivity contribution >= 4 is 32.9 Å². The molecule has 100 valence electrons. The van der Waals surface area contributed by atoms with Gasteiger partial charge in [0.2, 0.25) is 0 Å². The predicted octanol–water partition coefficient (Wildman–Crippen LogP) is 3.46. The first-order valence-electron chi connectivity index (χ1n) is 6.21. The van der Waals surface area contributed by atoms with E-state index in [0.717, 1.165) is 26.9 Å². The van der Waals surface area contributed by atoms with Gasteiger partial charge in [-0.05, 0) is 30.0 Å². The standard InChI is InChI=1S/C14H15BrN2O2/c1-6-4-7(15)5-8-11(6)17-12(16-8)9-10(13(18)19)14(9,2)3/h4-5,9-10H,1-3H3,(H,16,17)(H,18,19). The molecule has 19 heavy (non-hydrogen) atoms. The molecule has 2 unspecified atom stereocenters. The highest BCUT2D eigenvalue weighted by molar-refractivity contribution is 9.10. The number of hydrogen-bond donors (Lipinski definition) is 2. The number of carbonyl (C=O) groups is 1. The van der Waals surface area contributed by atoms with Crippen molar-refractivity contribution in [3.05, 3.63) is 28.0 Å². The Morgan fingerprint density at radius 1 is 1.47 bits per heavy atom. The molecule has 1 saturated carbocycles. The molecule has 1 aromatic heterocycles. The van der Waals surface area contributed by atoms with E-state index < -0.39 is 5.97 Å². The number of aryl methyl sites for hydroxylation is 1. The second-order valence-electron chi connectivity index (χ2n) is 5.86. The maximum Gasteiger partial charge on any atom is 0.307 e. The fraction of sp³-hybridized carbons (Fsp3) is 0.429. The van der Waals surface area contributed by atoms with Gasteiger partial charge in [-0.2, -0.15) is 0 Å². The summed E-state index contributed by atoms with van der Waals surface area (Å²) in [5.74, 6) is -0.339. The highest BCUT2D eigenvalue weighted by Crippen LogP contribution is 2.63. The quantitative estimate of drug-likeness (QED) is 0.889. The maximum absolute atomic E-state index is 11.2. The Morgan fingerprint density at radius 2 is 2.16 bits per heavy atom. The smallest absolute Gasteiger partial charge is 0.307 e. The van der Waals surface area contributed by atoms with Crippen LogP contribution in [0.3, 0.4) is 0 Å². The number of halogens is 1. The molecule has 1 heterocycles. The number of fused-ring (bicyclic) bond motifs is 1. The van der Waals surface area contributed by atoms with Crippen molar-refractivity contribution in [2.45, 2.75) is 26.7 Å². The third-order valence-electron chi connectivity index (χ3n) is 4.15. The highest BCUT2D eigenvalue weighted by atomic mass is 79.9. The maximum atomic E-state index is 11.2. The lowest BCUT2D eigenvalue weighted by Crippen LogP contribution is -2.03. The monoisotopic (exact) mass is 322 g/mol. The largest absolute Gasteiger partial charge is 0.481 e. The van der Waals surface area contributed by atoms with Crippen molar-refractivity contribution in [1.29, 1.82) is 0 Å². The van der Waals surface area contributed by atoms with E-state index in [2.05, 4.69) is 25.9 Å². The molecule has 1 aliphatic carbocycles. The number of aliphatic carboxylic acids is 1. The van der Waals surface area contributed by atoms with E-state index in [-0.39, 0.29) is 17.3 Å². The van der Waals surface area contributed by atoms with E-state index in [1.807, 2.05) is 32.9 Å². The number of nitrogens with zero attached hydrogens (tertiary/aromatic N) is 1. The summed E-state index contributed by atoms with van der Waals surface area (Å²) in [6, 6.07) is 3.99. The molecule has 2 aromatic rings. The van der Waals surface area contributed by atoms with Gasteiger partial charge in [-0.3, -0.25) is 4.79 Å². The Balaban J connectivity index is 2.09. The van der Waals surface area contributed by atoms with Gasteiger partial charge in [0.1, 0.15) is 5.82 Å². The lowest BCUT2D eigenvalue weighted by Gasteiger charge is -1.97. The fourth-order valence-corrected chi connectivity index (χ4v) is 3.59. The molecule has 0 saturated heterocycles. The summed E-state index contributed by atoms with van der Waals surface area (Å²) in [6.07, 6.45) is 0. The number of imidazole rings is 1. The number of rotatable bonds is 2. The molecule has 0 radical (unpaired) electrons. The first-order valence-corrected chi connectivity index (χ1v) is 7.00. The number of hydrogen-bond acceptors (Lipinski definition) is 2. The molecule has 0 bridgehead atoms. The molecule has 0 amide bonds. The molecule has 2 N–H and O–H groups in total. The van der Waals surface area contributed by atoms with Crippen LogP contribution in [0.2, 0.25) is 0 Å². The fourth-order valence-electron chi connectivity index (χ4n) is 3.02. The van der Waals surface area contributed by atoms with Gasteiger partial charge in [0.25, 0.3) is 0 Å². The summed E-state index contributed by atoms with van der Waals surface area (Å²) < 4.78 is 0.998. The topological polar surface area (TPSA) is 66.0 Å². The van der Waals surface area contributed by atoms with Gasteiger partial charge in [0.05, 0.1) is 17.0 Å². The number of aromatic amines is 1. The number of H-pyrrole nitrogens is 1. The van der Waals surface area contributed by atoms with Crippen LogP contribution in [0.4, 0.5) is 0 Å². The molecule has 1 fully saturated rings. The van der Waals surface area contributed by atoms with Crippen molar-refractivity contribution < 1.29 is 9.90 Å². The summed E-state index contributed by atoms with van der Waals surface area (Å²) in [4.78, 5) is 19.1. The third kappa shape index (κ3) is 1.79. The zero-order chi connectivity index (χ0) is 13.9. The molecule has 1 aromatic carbocycles. The molecular formula is C14H15BrN2O2. The average molecular weight is 323 g/mol. The van der Waals surface area contributed by atoms with Crippen LogP contribution in [0.15, 0.2) is 16.6 Å². The van der Waals surface area contributed by atoms with Crippen LogP contribution in [-0.4, -0.2) is 21.0 Å². The minimum absolute atomic E-state index is 0.0319. The molecule has 0 spiro atoms. The molecule has 5 heteroatoms. The minimum atomic E-state index is -0.742. The van der Waals surface area contributed by atoms with Crippen LogP contribution >= 0.6 is 15.9 Å². The molecule has 1 aliphatic rings. The van der Waals surface area contributed by atoms with Crippen molar-refractivity contribution in [3.8, 4) is 0 Å². The molecule has 4 nitrogen and oxygen atoms in total. The third-order valence-corrected chi connectivity index (χ3v) is 4.61. The van der Waals surface area contributed by atoms with Crippen LogP contribution in [0.25, 0.3) is 11.0 Å². The van der Waals surface area contributed by atoms with Gasteiger partial charge in [-0.1, -0.05) is 29.8 Å². The summed E-state index contributed by atoms with van der Waals surface area (Å²) in [7, 11) is 0. The van der Waals surface area contributed by atoms with Crippen molar-refractivity contribution in [1.82, 2.24) is 9.97 Å². The number of carboxylic acids is 1. The second-order valence-corrected chi connectivity index (χ2v) is 6.77. The number of benzene rings is 1. The Bertz CT molecular complexity index is 690. The molecular weight excluding hydrogens is 308 g/mol. The Labute approximate surface area is 119 Å². The van der Waals surface area contributed by atoms with Gasteiger partial charge < -0.3 is 10.1 Å². The van der Waals surface area contributed by atoms with E-state index in [9.17, 15) is 9.90 Å². The minimum Gasteiger partial charge on any atom is -0.481 e. The van der Waals surface area contributed by atoms with Crippen molar-refractivity contribution in [3.63, 3.8) is 0 Å². The Kier molecular flexibility index (Phi) is 2.55. The van der Waals surface area contributed by atoms with Crippen molar-refractivity contribution in [2.75, 3.05) is 0 Å². The summed E-state index contributed by atoms with van der Waals surface area (Å²) in [5.41, 5.74) is 2.72. The molecule has 0 aliphatic heterocycles. The first-order chi connectivity index (χ1) is 8.82. The normalized spacial score (nSPS) is 24.6. The number of carboxylic acid groups (broad SMARTS) is 1. The van der Waals surface area contributed by atoms with Gasteiger partial charge in [-0.15, -0.1) is 0 Å². The SMILES string of the molecule is Cc1cc(Br)cc2[nH]c(C3C(C(=O)O)C3(C)C)nc12. The summed E-state index contributed by atoms with van der Waals surface area (Å²) >= 11 is 3.46. The summed E-state index contributed by atoms with van der Waals surface area (Å²) in [5, 5.41) is 9.25. The van der Waals surface area contributed by atoms with E-state index in [1.165, 1.54) is 0 Å². The Morgan fingerprint density at radius 3 is 2.74 bits per heavy atom. The van der Waals surface area contributed by atoms with E-state index in [4.69, 9.17) is 0 Å². The number of nitrogens with one attached hydrogen (secondary N) is 1. The Hall–Kier alpha value is -1.36. The van der Waals surface area contributed by atoms with Gasteiger partial charge in [-0.25, -0.2) is 4.98 Å². The van der Waals surface area contributed by atoms with Crippen LogP contribution in [0.5, 0.6) is 0 Å². The van der Waals surface area contributed by atoms with E-state index in [1.54, 1.807) is 0 Å². The first kappa shape index (κ1) is 12.7. The van der Waals surface area contributed by atoms with Crippen LogP contribution < -0.4 is 0 Å². The van der Waals surface area contributed by atoms with Gasteiger partial charge in [0.15, 0.2) is 0 Å². The molecule has 2 atom stereocenters. The van der Waals surface area contributed by atoms with E-state index >= 15 is 0 Å². The number of aromatic nitrogens is 2. The van der Waals surface area contributed by atoms with Crippen LogP contribution in [-0.2, 0) is 4.79 Å². The predicted molar refractivity (Wildman–Crippen MR) is 76.2 cm³/mol. The zero-order valence-corrected chi connectivity index (χ0v) is 12.6. The highest BCUT2D eigenvalue weighted by Gasteiger charge is 2.64. The van der Waals surface area contributed by atoms with Crippen LogP contribution in [0, 0.1) is 18.3 Å². The van der Waals surface area contributed by atoms with Crippen LogP contribution in [0.1, 0.15) is 31.2 Å². The average Bonchev–Trinajstić information content (AvgIpc) is 2.65. The van der Waals surface area contributed by atoms with E-state index in [0.29, 0.717) is 0 Å². The van der Waals surface area contributed by atoms with Crippen molar-refractivity contribution in [2.24, 2.45) is 11.3 Å². The zero-order valence-electron chi connectivity index (χ0n) is 11.0.